The second-order valence-electron chi connectivity index (χ2n) is 9.33. The molecule has 1 N–H and O–H groups in total. The van der Waals surface area contributed by atoms with E-state index in [0.717, 1.165) is 48.8 Å². The fraction of sp³-hybridized carbons (Fsp3) is 0.462. The van der Waals surface area contributed by atoms with Gasteiger partial charge >= 0.3 is 5.97 Å². The van der Waals surface area contributed by atoms with Crippen LogP contribution in [0.1, 0.15) is 70.7 Å². The number of fused-ring (bicyclic) bond motifs is 1. The number of thioether (sulfide) groups is 1. The monoisotopic (exact) mass is 510 g/mol. The number of benzene rings is 1. The molecule has 2 aliphatic carbocycles. The van der Waals surface area contributed by atoms with Gasteiger partial charge in [-0.3, -0.25) is 4.79 Å². The first-order chi connectivity index (χ1) is 17.0. The fourth-order valence-corrected chi connectivity index (χ4v) is 7.20. The van der Waals surface area contributed by atoms with Crippen LogP contribution < -0.4 is 5.32 Å². The summed E-state index contributed by atoms with van der Waals surface area (Å²) in [5, 5.41) is 13.2. The first-order valence-corrected chi connectivity index (χ1v) is 13.9. The lowest BCUT2D eigenvalue weighted by Gasteiger charge is -2.18. The van der Waals surface area contributed by atoms with E-state index in [1.54, 1.807) is 0 Å². The molecule has 0 bridgehead atoms. The van der Waals surface area contributed by atoms with Crippen LogP contribution in [0.4, 0.5) is 5.00 Å². The van der Waals surface area contributed by atoms with E-state index in [1.807, 2.05) is 6.07 Å². The standard InChI is InChI=1S/C26H30N4O3S2/c1-4-30-23(19-13-18(19)16-8-6-5-7-9-16)28-29-26(30)34-14-21(31)27-24-22(25(32)33-3)17-11-10-15(2)12-20(17)35-24/h5-9,15,18-19H,4,10-14H2,1-3H3,(H,27,31). The molecule has 1 amide bonds. The number of nitrogens with zero attached hydrogens (tertiary/aromatic N) is 3. The van der Waals surface area contributed by atoms with Gasteiger partial charge in [-0.2, -0.15) is 0 Å². The summed E-state index contributed by atoms with van der Waals surface area (Å²) >= 11 is 2.89. The van der Waals surface area contributed by atoms with Crippen molar-refractivity contribution in [1.29, 1.82) is 0 Å². The van der Waals surface area contributed by atoms with E-state index in [0.29, 0.717) is 28.3 Å². The quantitative estimate of drug-likeness (QED) is 0.328. The third-order valence-corrected chi connectivity index (χ3v) is 9.03. The molecule has 0 saturated heterocycles. The van der Waals surface area contributed by atoms with E-state index in [2.05, 4.69) is 58.2 Å². The summed E-state index contributed by atoms with van der Waals surface area (Å²) in [6, 6.07) is 10.5. The number of rotatable bonds is 8. The van der Waals surface area contributed by atoms with Gasteiger partial charge in [0, 0.05) is 17.3 Å². The highest BCUT2D eigenvalue weighted by molar-refractivity contribution is 7.99. The minimum Gasteiger partial charge on any atom is -0.465 e. The van der Waals surface area contributed by atoms with Crippen LogP contribution in [0, 0.1) is 5.92 Å². The van der Waals surface area contributed by atoms with Crippen LogP contribution in [0.5, 0.6) is 0 Å². The zero-order chi connectivity index (χ0) is 24.5. The van der Waals surface area contributed by atoms with E-state index in [1.165, 1.54) is 40.6 Å². The third-order valence-electron chi connectivity index (χ3n) is 6.90. The average Bonchev–Trinajstić information content (AvgIpc) is 3.43. The molecule has 0 spiro atoms. The van der Waals surface area contributed by atoms with Gasteiger partial charge in [-0.1, -0.05) is 49.0 Å². The number of nitrogens with one attached hydrogen (secondary N) is 1. The molecule has 0 aliphatic heterocycles. The Bertz CT molecular complexity index is 1240. The Balaban J connectivity index is 1.26. The normalized spacial score (nSPS) is 20.8. The molecule has 9 heteroatoms. The minimum atomic E-state index is -0.382. The van der Waals surface area contributed by atoms with Crippen LogP contribution in [0.3, 0.4) is 0 Å². The van der Waals surface area contributed by atoms with Crippen LogP contribution in [0.25, 0.3) is 0 Å². The smallest absolute Gasteiger partial charge is 0.341 e. The third kappa shape index (κ3) is 4.89. The van der Waals surface area contributed by atoms with Gasteiger partial charge in [0.25, 0.3) is 0 Å². The summed E-state index contributed by atoms with van der Waals surface area (Å²) in [5.74, 6) is 2.09. The number of methoxy groups -OCH3 is 1. The maximum absolute atomic E-state index is 12.9. The van der Waals surface area contributed by atoms with E-state index < -0.39 is 0 Å². The van der Waals surface area contributed by atoms with E-state index in [-0.39, 0.29) is 17.6 Å². The predicted molar refractivity (Wildman–Crippen MR) is 138 cm³/mol. The number of thiophene rings is 1. The van der Waals surface area contributed by atoms with E-state index in [4.69, 9.17) is 4.74 Å². The Labute approximate surface area is 213 Å². The Morgan fingerprint density at radius 3 is 2.77 bits per heavy atom. The Hall–Kier alpha value is -2.65. The molecule has 1 fully saturated rings. The minimum absolute atomic E-state index is 0.160. The zero-order valence-electron chi connectivity index (χ0n) is 20.2. The molecule has 3 aromatic rings. The van der Waals surface area contributed by atoms with Crippen LogP contribution in [-0.4, -0.2) is 39.5 Å². The SMILES string of the molecule is CCn1c(SCC(=O)Nc2sc3c(c2C(=O)OC)CCC(C)C3)nnc1C1CC1c1ccccc1. The summed E-state index contributed by atoms with van der Waals surface area (Å²) in [6.45, 7) is 5.06. The lowest BCUT2D eigenvalue weighted by Crippen LogP contribution is -2.17. The van der Waals surface area contributed by atoms with Gasteiger partial charge in [0.1, 0.15) is 10.8 Å². The molecule has 2 aromatic heterocycles. The molecule has 3 unspecified atom stereocenters. The maximum Gasteiger partial charge on any atom is 0.341 e. The average molecular weight is 511 g/mol. The highest BCUT2D eigenvalue weighted by Gasteiger charge is 2.43. The van der Waals surface area contributed by atoms with Crippen molar-refractivity contribution in [3.63, 3.8) is 0 Å². The fourth-order valence-electron chi connectivity index (χ4n) is 4.98. The highest BCUT2D eigenvalue weighted by atomic mass is 32.2. The van der Waals surface area contributed by atoms with Gasteiger partial charge in [-0.25, -0.2) is 4.79 Å². The summed E-state index contributed by atoms with van der Waals surface area (Å²) < 4.78 is 7.15. The molecule has 184 valence electrons. The predicted octanol–water partition coefficient (Wildman–Crippen LogP) is 5.27. The Kier molecular flexibility index (Phi) is 6.98. The highest BCUT2D eigenvalue weighted by Crippen LogP contribution is 2.54. The summed E-state index contributed by atoms with van der Waals surface area (Å²) in [5.41, 5.74) is 2.90. The van der Waals surface area contributed by atoms with Crippen LogP contribution in [-0.2, 0) is 28.9 Å². The molecule has 3 atom stereocenters. The molecule has 5 rings (SSSR count). The topological polar surface area (TPSA) is 86.1 Å². The summed E-state index contributed by atoms with van der Waals surface area (Å²) in [6.07, 6.45) is 3.89. The molecule has 0 radical (unpaired) electrons. The van der Waals surface area contributed by atoms with Crippen molar-refractivity contribution >= 4 is 40.0 Å². The Morgan fingerprint density at radius 1 is 1.23 bits per heavy atom. The number of hydrogen-bond acceptors (Lipinski definition) is 7. The molecular formula is C26H30N4O3S2. The molecule has 35 heavy (non-hydrogen) atoms. The maximum atomic E-state index is 12.9. The van der Waals surface area contributed by atoms with Crippen molar-refractivity contribution in [2.45, 2.75) is 63.1 Å². The molecule has 7 nitrogen and oxygen atoms in total. The molecule has 2 aliphatic rings. The largest absolute Gasteiger partial charge is 0.465 e. The van der Waals surface area contributed by atoms with Crippen LogP contribution in [0.15, 0.2) is 35.5 Å². The molecule has 1 saturated carbocycles. The van der Waals surface area contributed by atoms with Crippen molar-refractivity contribution in [3.05, 3.63) is 57.7 Å². The van der Waals surface area contributed by atoms with Crippen molar-refractivity contribution in [2.75, 3.05) is 18.2 Å². The van der Waals surface area contributed by atoms with E-state index in [9.17, 15) is 9.59 Å². The summed E-state index contributed by atoms with van der Waals surface area (Å²) in [7, 11) is 1.39. The molecular weight excluding hydrogens is 480 g/mol. The second-order valence-corrected chi connectivity index (χ2v) is 11.4. The van der Waals surface area contributed by atoms with Crippen LogP contribution >= 0.6 is 23.1 Å². The van der Waals surface area contributed by atoms with Gasteiger partial charge in [0.2, 0.25) is 5.91 Å². The number of anilines is 1. The van der Waals surface area contributed by atoms with Gasteiger partial charge < -0.3 is 14.6 Å². The number of esters is 1. The van der Waals surface area contributed by atoms with Crippen molar-refractivity contribution in [2.24, 2.45) is 5.92 Å². The van der Waals surface area contributed by atoms with E-state index >= 15 is 0 Å². The first kappa shape index (κ1) is 24.1. The van der Waals surface area contributed by atoms with Gasteiger partial charge in [-0.15, -0.1) is 21.5 Å². The zero-order valence-corrected chi connectivity index (χ0v) is 21.9. The Morgan fingerprint density at radius 2 is 2.03 bits per heavy atom. The second kappa shape index (κ2) is 10.1. The van der Waals surface area contributed by atoms with Crippen molar-refractivity contribution in [1.82, 2.24) is 14.8 Å². The van der Waals surface area contributed by atoms with Crippen LogP contribution in [0.2, 0.25) is 0 Å². The molecule has 1 aromatic carbocycles. The number of ether oxygens (including phenoxy) is 1. The van der Waals surface area contributed by atoms with Gasteiger partial charge in [-0.05, 0) is 55.6 Å². The number of carbonyl (C=O) groups excluding carboxylic acids is 2. The molecule has 2 heterocycles. The first-order valence-electron chi connectivity index (χ1n) is 12.1. The summed E-state index contributed by atoms with van der Waals surface area (Å²) in [4.78, 5) is 26.6. The lowest BCUT2D eigenvalue weighted by atomic mass is 9.88. The number of aromatic nitrogens is 3. The van der Waals surface area contributed by atoms with Crippen molar-refractivity contribution in [3.8, 4) is 0 Å². The lowest BCUT2D eigenvalue weighted by molar-refractivity contribution is -0.113. The van der Waals surface area contributed by atoms with Crippen molar-refractivity contribution < 1.29 is 14.3 Å². The number of carbonyl (C=O) groups is 2. The van der Waals surface area contributed by atoms with Gasteiger partial charge in [0.05, 0.1) is 18.4 Å². The van der Waals surface area contributed by atoms with Gasteiger partial charge in [0.15, 0.2) is 5.16 Å². The number of amides is 1. The number of hydrogen-bond donors (Lipinski definition) is 1.